The predicted octanol–water partition coefficient (Wildman–Crippen LogP) is 6.17. The van der Waals surface area contributed by atoms with Crippen LogP contribution in [0.4, 0.5) is 45.1 Å². The Hall–Kier alpha value is -4.02. The fourth-order valence-corrected chi connectivity index (χ4v) is 3.09. The topological polar surface area (TPSA) is 72.0 Å². The van der Waals surface area contributed by atoms with E-state index in [9.17, 15) is 22.0 Å². The lowest BCUT2D eigenvalue weighted by Gasteiger charge is -2.22. The standard InChI is InChI=1S/C22H16F5N5O/c1-33-18-11-14(6-7-16(18)21(23,24)22(25,26)27)31-20-28-9-8-19(32-20)30-15-10-13-4-2-3-5-17(13)29-12-15/h2-12H,1H3,(H2,28,30,31,32). The number of nitrogens with one attached hydrogen (secondary N) is 2. The second kappa shape index (κ2) is 8.49. The Labute approximate surface area is 184 Å². The van der Waals surface area contributed by atoms with Gasteiger partial charge in [-0.25, -0.2) is 4.98 Å². The van der Waals surface area contributed by atoms with Crippen LogP contribution in [0.5, 0.6) is 5.75 Å². The summed E-state index contributed by atoms with van der Waals surface area (Å²) >= 11 is 0. The first kappa shape index (κ1) is 22.2. The summed E-state index contributed by atoms with van der Waals surface area (Å²) in [6.45, 7) is 0. The molecule has 0 saturated heterocycles. The summed E-state index contributed by atoms with van der Waals surface area (Å²) in [5.74, 6) is -5.19. The number of benzene rings is 2. The number of hydrogen-bond acceptors (Lipinski definition) is 6. The van der Waals surface area contributed by atoms with E-state index in [1.165, 1.54) is 6.20 Å². The largest absolute Gasteiger partial charge is 0.496 e. The molecule has 2 N–H and O–H groups in total. The van der Waals surface area contributed by atoms with Crippen LogP contribution in [-0.4, -0.2) is 28.2 Å². The normalized spacial score (nSPS) is 11.9. The van der Waals surface area contributed by atoms with Crippen molar-refractivity contribution in [2.24, 2.45) is 0 Å². The van der Waals surface area contributed by atoms with Crippen molar-refractivity contribution in [3.63, 3.8) is 0 Å². The number of ether oxygens (including phenoxy) is 1. The second-order valence-corrected chi connectivity index (χ2v) is 6.92. The molecular formula is C22H16F5N5O. The molecule has 2 aromatic heterocycles. The highest BCUT2D eigenvalue weighted by Gasteiger charge is 2.60. The number of para-hydroxylation sites is 1. The summed E-state index contributed by atoms with van der Waals surface area (Å²) in [7, 11) is 1.01. The Morgan fingerprint density at radius 1 is 0.848 bits per heavy atom. The highest BCUT2D eigenvalue weighted by molar-refractivity contribution is 5.82. The molecule has 170 valence electrons. The van der Waals surface area contributed by atoms with Crippen LogP contribution in [0.15, 0.2) is 67.0 Å². The van der Waals surface area contributed by atoms with Crippen LogP contribution in [-0.2, 0) is 5.92 Å². The molecule has 33 heavy (non-hydrogen) atoms. The van der Waals surface area contributed by atoms with Crippen LogP contribution in [0.2, 0.25) is 0 Å². The van der Waals surface area contributed by atoms with Crippen molar-refractivity contribution in [3.8, 4) is 5.75 Å². The van der Waals surface area contributed by atoms with Crippen LogP contribution in [0, 0.1) is 0 Å². The number of rotatable bonds is 6. The van der Waals surface area contributed by atoms with Crippen LogP contribution in [0.3, 0.4) is 0 Å². The molecule has 4 rings (SSSR count). The van der Waals surface area contributed by atoms with Crippen molar-refractivity contribution in [1.82, 2.24) is 15.0 Å². The van der Waals surface area contributed by atoms with Gasteiger partial charge in [0.15, 0.2) is 0 Å². The van der Waals surface area contributed by atoms with E-state index in [0.29, 0.717) is 17.6 Å². The Balaban J connectivity index is 1.55. The maximum absolute atomic E-state index is 13.8. The molecular weight excluding hydrogens is 445 g/mol. The van der Waals surface area contributed by atoms with Gasteiger partial charge in [0.1, 0.15) is 11.6 Å². The zero-order chi connectivity index (χ0) is 23.6. The van der Waals surface area contributed by atoms with Crippen LogP contribution in [0.1, 0.15) is 5.56 Å². The van der Waals surface area contributed by atoms with Crippen LogP contribution >= 0.6 is 0 Å². The molecule has 0 bridgehead atoms. The van der Waals surface area contributed by atoms with Gasteiger partial charge in [-0.2, -0.15) is 26.9 Å². The van der Waals surface area contributed by atoms with Gasteiger partial charge in [0.2, 0.25) is 5.95 Å². The van der Waals surface area contributed by atoms with E-state index in [-0.39, 0.29) is 11.6 Å². The number of anilines is 4. The molecule has 0 aliphatic rings. The summed E-state index contributed by atoms with van der Waals surface area (Å²) in [4.78, 5) is 12.7. The lowest BCUT2D eigenvalue weighted by Crippen LogP contribution is -2.34. The molecule has 0 unspecified atom stereocenters. The van der Waals surface area contributed by atoms with Gasteiger partial charge in [-0.3, -0.25) is 4.98 Å². The molecule has 2 heterocycles. The molecule has 4 aromatic rings. The van der Waals surface area contributed by atoms with Gasteiger partial charge in [0.25, 0.3) is 0 Å². The molecule has 0 saturated carbocycles. The average molecular weight is 461 g/mol. The number of nitrogens with zero attached hydrogens (tertiary/aromatic N) is 3. The lowest BCUT2D eigenvalue weighted by atomic mass is 10.1. The average Bonchev–Trinajstić information content (AvgIpc) is 2.78. The quantitative estimate of drug-likeness (QED) is 0.335. The SMILES string of the molecule is COc1cc(Nc2nccc(Nc3cnc4ccccc4c3)n2)ccc1C(F)(F)C(F)(F)F. The van der Waals surface area contributed by atoms with Crippen molar-refractivity contribution in [3.05, 3.63) is 72.6 Å². The summed E-state index contributed by atoms with van der Waals surface area (Å²) in [6, 6.07) is 13.8. The van der Waals surface area contributed by atoms with Gasteiger partial charge in [-0.05, 0) is 30.3 Å². The first-order valence-electron chi connectivity index (χ1n) is 9.52. The molecule has 0 atom stereocenters. The van der Waals surface area contributed by atoms with E-state index < -0.39 is 23.4 Å². The number of methoxy groups -OCH3 is 1. The predicted molar refractivity (Wildman–Crippen MR) is 113 cm³/mol. The van der Waals surface area contributed by atoms with Crippen molar-refractivity contribution in [1.29, 1.82) is 0 Å². The number of halogens is 5. The molecule has 6 nitrogen and oxygen atoms in total. The van der Waals surface area contributed by atoms with Gasteiger partial charge in [0, 0.05) is 23.3 Å². The molecule has 0 amide bonds. The van der Waals surface area contributed by atoms with Crippen molar-refractivity contribution >= 4 is 34.0 Å². The summed E-state index contributed by atoms with van der Waals surface area (Å²) in [5.41, 5.74) is 0.390. The van der Waals surface area contributed by atoms with E-state index in [1.54, 1.807) is 12.3 Å². The van der Waals surface area contributed by atoms with Gasteiger partial charge >= 0.3 is 12.1 Å². The first-order chi connectivity index (χ1) is 15.7. The number of pyridine rings is 1. The Morgan fingerprint density at radius 2 is 1.64 bits per heavy atom. The van der Waals surface area contributed by atoms with Crippen molar-refractivity contribution in [2.45, 2.75) is 12.1 Å². The number of aromatic nitrogens is 3. The fraction of sp³-hybridized carbons (Fsp3) is 0.136. The molecule has 11 heteroatoms. The van der Waals surface area contributed by atoms with Crippen LogP contribution < -0.4 is 15.4 Å². The minimum absolute atomic E-state index is 0.0890. The number of hydrogen-bond donors (Lipinski definition) is 2. The van der Waals surface area contributed by atoms with E-state index in [1.807, 2.05) is 30.3 Å². The van der Waals surface area contributed by atoms with Crippen LogP contribution in [0.25, 0.3) is 10.9 Å². The molecule has 0 spiro atoms. The zero-order valence-electron chi connectivity index (χ0n) is 17.0. The molecule has 2 aromatic carbocycles. The third-order valence-corrected chi connectivity index (χ3v) is 4.67. The second-order valence-electron chi connectivity index (χ2n) is 6.92. The van der Waals surface area contributed by atoms with Gasteiger partial charge in [-0.15, -0.1) is 0 Å². The first-order valence-corrected chi connectivity index (χ1v) is 9.52. The monoisotopic (exact) mass is 461 g/mol. The molecule has 0 aliphatic carbocycles. The zero-order valence-corrected chi connectivity index (χ0v) is 17.0. The maximum Gasteiger partial charge on any atom is 0.458 e. The fourth-order valence-electron chi connectivity index (χ4n) is 3.09. The van der Waals surface area contributed by atoms with E-state index in [4.69, 9.17) is 4.74 Å². The molecule has 0 fully saturated rings. The molecule has 0 aliphatic heterocycles. The van der Waals surface area contributed by atoms with E-state index in [2.05, 4.69) is 25.6 Å². The number of alkyl halides is 5. The smallest absolute Gasteiger partial charge is 0.458 e. The maximum atomic E-state index is 13.8. The minimum Gasteiger partial charge on any atom is -0.496 e. The third kappa shape index (κ3) is 4.61. The minimum atomic E-state index is -5.75. The third-order valence-electron chi connectivity index (χ3n) is 4.67. The van der Waals surface area contributed by atoms with E-state index in [0.717, 1.165) is 30.1 Å². The van der Waals surface area contributed by atoms with Gasteiger partial charge < -0.3 is 15.4 Å². The van der Waals surface area contributed by atoms with Crippen molar-refractivity contribution in [2.75, 3.05) is 17.7 Å². The van der Waals surface area contributed by atoms with Gasteiger partial charge in [0.05, 0.1) is 30.1 Å². The highest BCUT2D eigenvalue weighted by atomic mass is 19.4. The Kier molecular flexibility index (Phi) is 5.71. The summed E-state index contributed by atoms with van der Waals surface area (Å²) in [5, 5.41) is 6.78. The van der Waals surface area contributed by atoms with Crippen molar-refractivity contribution < 1.29 is 26.7 Å². The summed E-state index contributed by atoms with van der Waals surface area (Å²) in [6.07, 6.45) is -2.66. The number of fused-ring (bicyclic) bond motifs is 1. The lowest BCUT2D eigenvalue weighted by molar-refractivity contribution is -0.289. The summed E-state index contributed by atoms with van der Waals surface area (Å²) < 4.78 is 70.5. The molecule has 0 radical (unpaired) electrons. The highest BCUT2D eigenvalue weighted by Crippen LogP contribution is 2.47. The van der Waals surface area contributed by atoms with E-state index >= 15 is 0 Å². The Morgan fingerprint density at radius 3 is 2.39 bits per heavy atom. The Bertz CT molecular complexity index is 1300. The van der Waals surface area contributed by atoms with Gasteiger partial charge in [-0.1, -0.05) is 18.2 Å².